The molecule has 0 saturated heterocycles. The number of aryl methyl sites for hydroxylation is 2. The number of rotatable bonds is 3. The van der Waals surface area contributed by atoms with Gasteiger partial charge in [-0.3, -0.25) is 4.79 Å². The lowest BCUT2D eigenvalue weighted by molar-refractivity contribution is -0.115. The average Bonchev–Trinajstić information content (AvgIpc) is 2.84. The van der Waals surface area contributed by atoms with Crippen LogP contribution in [0, 0.1) is 0 Å². The van der Waals surface area contributed by atoms with Crippen LogP contribution in [-0.4, -0.2) is 10.9 Å². The van der Waals surface area contributed by atoms with Crippen molar-refractivity contribution in [3.8, 4) is 0 Å². The molecule has 0 unspecified atom stereocenters. The van der Waals surface area contributed by atoms with Crippen molar-refractivity contribution in [2.24, 2.45) is 0 Å². The largest absolute Gasteiger partial charge is 0.302 e. The maximum absolute atomic E-state index is 12.1. The van der Waals surface area contributed by atoms with Gasteiger partial charge < -0.3 is 5.32 Å². The van der Waals surface area contributed by atoms with Gasteiger partial charge in [0, 0.05) is 14.9 Å². The fourth-order valence-corrected chi connectivity index (χ4v) is 3.95. The van der Waals surface area contributed by atoms with Crippen LogP contribution in [0.4, 0.5) is 5.13 Å². The summed E-state index contributed by atoms with van der Waals surface area (Å²) >= 11 is 13.5. The number of carbonyl (C=O) groups is 1. The van der Waals surface area contributed by atoms with Gasteiger partial charge in [-0.05, 0) is 43.4 Å². The molecule has 1 heterocycles. The maximum Gasteiger partial charge on any atom is 0.230 e. The van der Waals surface area contributed by atoms with Gasteiger partial charge in [-0.25, -0.2) is 4.98 Å². The molecule has 21 heavy (non-hydrogen) atoms. The lowest BCUT2D eigenvalue weighted by atomic mass is 10.0. The van der Waals surface area contributed by atoms with Crippen molar-refractivity contribution in [2.75, 3.05) is 5.32 Å². The van der Waals surface area contributed by atoms with Crippen LogP contribution in [0.2, 0.25) is 10.0 Å². The Morgan fingerprint density at radius 2 is 2.10 bits per heavy atom. The van der Waals surface area contributed by atoms with Crippen LogP contribution in [0.5, 0.6) is 0 Å². The first-order chi connectivity index (χ1) is 10.1. The van der Waals surface area contributed by atoms with E-state index in [1.807, 2.05) is 0 Å². The number of nitrogens with one attached hydrogen (secondary N) is 1. The predicted octanol–water partition coefficient (Wildman–Crippen LogP) is 4.51. The zero-order valence-electron chi connectivity index (χ0n) is 11.3. The highest BCUT2D eigenvalue weighted by molar-refractivity contribution is 7.15. The zero-order chi connectivity index (χ0) is 14.8. The molecular formula is C15H14Cl2N2OS. The van der Waals surface area contributed by atoms with Gasteiger partial charge >= 0.3 is 0 Å². The Morgan fingerprint density at radius 3 is 2.86 bits per heavy atom. The molecular weight excluding hydrogens is 327 g/mol. The molecule has 0 atom stereocenters. The lowest BCUT2D eigenvalue weighted by Crippen LogP contribution is -2.14. The molecule has 1 aromatic heterocycles. The topological polar surface area (TPSA) is 42.0 Å². The Balaban J connectivity index is 1.67. The summed E-state index contributed by atoms with van der Waals surface area (Å²) in [6.45, 7) is 0. The summed E-state index contributed by atoms with van der Waals surface area (Å²) in [5, 5.41) is 4.63. The van der Waals surface area contributed by atoms with E-state index in [2.05, 4.69) is 10.3 Å². The molecule has 1 N–H and O–H groups in total. The summed E-state index contributed by atoms with van der Waals surface area (Å²) in [5.41, 5.74) is 1.91. The Morgan fingerprint density at radius 1 is 1.29 bits per heavy atom. The fourth-order valence-electron chi connectivity index (χ4n) is 2.41. The van der Waals surface area contributed by atoms with Crippen LogP contribution >= 0.6 is 34.5 Å². The van der Waals surface area contributed by atoms with Crippen LogP contribution < -0.4 is 5.32 Å². The van der Waals surface area contributed by atoms with Gasteiger partial charge in [-0.1, -0.05) is 29.3 Å². The van der Waals surface area contributed by atoms with Gasteiger partial charge in [-0.2, -0.15) is 0 Å². The van der Waals surface area contributed by atoms with Crippen molar-refractivity contribution < 1.29 is 4.79 Å². The quantitative estimate of drug-likeness (QED) is 0.892. The number of anilines is 1. The number of aromatic nitrogens is 1. The van der Waals surface area contributed by atoms with Crippen molar-refractivity contribution in [3.63, 3.8) is 0 Å². The molecule has 0 fully saturated rings. The second kappa shape index (κ2) is 6.34. The minimum Gasteiger partial charge on any atom is -0.302 e. The first-order valence-electron chi connectivity index (χ1n) is 6.84. The van der Waals surface area contributed by atoms with E-state index in [0.717, 1.165) is 24.1 Å². The third-order valence-electron chi connectivity index (χ3n) is 3.46. The van der Waals surface area contributed by atoms with E-state index in [1.165, 1.54) is 17.7 Å². The fraction of sp³-hybridized carbons (Fsp3) is 0.333. The van der Waals surface area contributed by atoms with Gasteiger partial charge in [0.15, 0.2) is 5.13 Å². The van der Waals surface area contributed by atoms with Gasteiger partial charge in [0.05, 0.1) is 12.1 Å². The Hall–Kier alpha value is -1.10. The monoisotopic (exact) mass is 340 g/mol. The van der Waals surface area contributed by atoms with Crippen LogP contribution in [0.25, 0.3) is 0 Å². The molecule has 1 aliphatic carbocycles. The maximum atomic E-state index is 12.1. The zero-order valence-corrected chi connectivity index (χ0v) is 13.6. The average molecular weight is 341 g/mol. The minimum absolute atomic E-state index is 0.106. The lowest BCUT2D eigenvalue weighted by Gasteiger charge is -2.06. The first-order valence-corrected chi connectivity index (χ1v) is 8.41. The number of amides is 1. The molecule has 0 aliphatic heterocycles. The second-order valence-electron chi connectivity index (χ2n) is 5.06. The van der Waals surface area contributed by atoms with Gasteiger partial charge in [0.2, 0.25) is 5.91 Å². The van der Waals surface area contributed by atoms with E-state index in [4.69, 9.17) is 23.2 Å². The van der Waals surface area contributed by atoms with E-state index in [-0.39, 0.29) is 12.3 Å². The summed E-state index contributed by atoms with van der Waals surface area (Å²) in [6.07, 6.45) is 4.71. The SMILES string of the molecule is O=C(Cc1ccc(Cl)cc1Cl)Nc1nc2c(s1)CCCC2. The number of carbonyl (C=O) groups excluding carboxylic acids is 1. The second-order valence-corrected chi connectivity index (χ2v) is 6.98. The summed E-state index contributed by atoms with van der Waals surface area (Å²) in [4.78, 5) is 17.9. The van der Waals surface area contributed by atoms with Crippen molar-refractivity contribution in [2.45, 2.75) is 32.1 Å². The molecule has 1 amide bonds. The van der Waals surface area contributed by atoms with Crippen molar-refractivity contribution in [1.82, 2.24) is 4.98 Å². The Bertz CT molecular complexity index is 661. The van der Waals surface area contributed by atoms with Crippen LogP contribution in [-0.2, 0) is 24.1 Å². The van der Waals surface area contributed by atoms with E-state index in [9.17, 15) is 4.79 Å². The third-order valence-corrected chi connectivity index (χ3v) is 5.12. The number of thiazole rings is 1. The molecule has 0 radical (unpaired) electrons. The molecule has 2 aromatic rings. The molecule has 1 aliphatic rings. The highest BCUT2D eigenvalue weighted by Crippen LogP contribution is 2.29. The standard InChI is InChI=1S/C15H14Cl2N2OS/c16-10-6-5-9(11(17)8-10)7-14(20)19-15-18-12-3-1-2-4-13(12)21-15/h5-6,8H,1-4,7H2,(H,18,19,20). The summed E-state index contributed by atoms with van der Waals surface area (Å²) in [7, 11) is 0. The number of nitrogens with zero attached hydrogens (tertiary/aromatic N) is 1. The van der Waals surface area contributed by atoms with Crippen LogP contribution in [0.1, 0.15) is 29.0 Å². The van der Waals surface area contributed by atoms with E-state index >= 15 is 0 Å². The number of benzene rings is 1. The van der Waals surface area contributed by atoms with Crippen molar-refractivity contribution in [1.29, 1.82) is 0 Å². The normalized spacial score (nSPS) is 13.8. The molecule has 3 nitrogen and oxygen atoms in total. The highest BCUT2D eigenvalue weighted by Gasteiger charge is 2.16. The highest BCUT2D eigenvalue weighted by atomic mass is 35.5. The van der Waals surface area contributed by atoms with Crippen LogP contribution in [0.15, 0.2) is 18.2 Å². The number of hydrogen-bond acceptors (Lipinski definition) is 3. The Labute approximate surface area is 137 Å². The number of hydrogen-bond donors (Lipinski definition) is 1. The van der Waals surface area contributed by atoms with E-state index in [1.54, 1.807) is 29.5 Å². The summed E-state index contributed by atoms with van der Waals surface area (Å²) < 4.78 is 0. The Kier molecular flexibility index (Phi) is 4.48. The summed E-state index contributed by atoms with van der Waals surface area (Å²) in [5.74, 6) is -0.106. The molecule has 6 heteroatoms. The predicted molar refractivity (Wildman–Crippen MR) is 87.6 cm³/mol. The summed E-state index contributed by atoms with van der Waals surface area (Å²) in [6, 6.07) is 5.16. The van der Waals surface area contributed by atoms with Gasteiger partial charge in [-0.15, -0.1) is 11.3 Å². The molecule has 3 rings (SSSR count). The smallest absolute Gasteiger partial charge is 0.230 e. The van der Waals surface area contributed by atoms with Crippen molar-refractivity contribution >= 4 is 45.6 Å². The number of fused-ring (bicyclic) bond motifs is 1. The third kappa shape index (κ3) is 3.57. The molecule has 1 aromatic carbocycles. The number of halogens is 2. The molecule has 0 saturated carbocycles. The minimum atomic E-state index is -0.106. The van der Waals surface area contributed by atoms with Crippen LogP contribution in [0.3, 0.4) is 0 Å². The first kappa shape index (κ1) is 14.8. The molecule has 0 spiro atoms. The van der Waals surface area contributed by atoms with Gasteiger partial charge in [0.1, 0.15) is 0 Å². The molecule has 110 valence electrons. The van der Waals surface area contributed by atoms with Gasteiger partial charge in [0.25, 0.3) is 0 Å². The van der Waals surface area contributed by atoms with Crippen molar-refractivity contribution in [3.05, 3.63) is 44.4 Å². The van der Waals surface area contributed by atoms with E-state index in [0.29, 0.717) is 15.2 Å². The van der Waals surface area contributed by atoms with E-state index < -0.39 is 0 Å². The molecule has 0 bridgehead atoms.